The van der Waals surface area contributed by atoms with Crippen molar-refractivity contribution in [3.8, 4) is 0 Å². The zero-order chi connectivity index (χ0) is 18.2. The lowest BCUT2D eigenvalue weighted by atomic mass is 9.83. The summed E-state index contributed by atoms with van der Waals surface area (Å²) in [6.07, 6.45) is 0.817. The quantitative estimate of drug-likeness (QED) is 0.698. The number of carbonyl (C=O) groups excluding carboxylic acids is 2. The van der Waals surface area contributed by atoms with Crippen molar-refractivity contribution in [2.75, 3.05) is 45.8 Å². The van der Waals surface area contributed by atoms with Gasteiger partial charge in [0, 0.05) is 65.2 Å². The Kier molecular flexibility index (Phi) is 5.37. The lowest BCUT2D eigenvalue weighted by Crippen LogP contribution is -2.78. The summed E-state index contributed by atoms with van der Waals surface area (Å²) in [5, 5.41) is 12.8. The highest BCUT2D eigenvalue weighted by atomic mass is 16.3. The minimum absolute atomic E-state index is 0.00104. The maximum Gasteiger partial charge on any atom is 0.224 e. The van der Waals surface area contributed by atoms with Gasteiger partial charge in [-0.3, -0.25) is 19.4 Å². The van der Waals surface area contributed by atoms with E-state index in [1.165, 1.54) is 6.92 Å². The van der Waals surface area contributed by atoms with Gasteiger partial charge in [0.05, 0.1) is 11.6 Å². The summed E-state index contributed by atoms with van der Waals surface area (Å²) in [5.74, 6) is 0.643. The maximum atomic E-state index is 12.6. The molecule has 3 saturated heterocycles. The van der Waals surface area contributed by atoms with E-state index < -0.39 is 0 Å². The molecular formula is C18H32N4O3. The van der Waals surface area contributed by atoms with Crippen molar-refractivity contribution in [1.82, 2.24) is 20.0 Å². The fourth-order valence-electron chi connectivity index (χ4n) is 4.82. The van der Waals surface area contributed by atoms with Crippen molar-refractivity contribution in [3.63, 3.8) is 0 Å². The summed E-state index contributed by atoms with van der Waals surface area (Å²) in [6, 6.07) is 0.259. The molecule has 7 nitrogen and oxygen atoms in total. The Labute approximate surface area is 150 Å². The first-order valence-corrected chi connectivity index (χ1v) is 9.48. The maximum absolute atomic E-state index is 12.6. The molecule has 142 valence electrons. The highest BCUT2D eigenvalue weighted by Gasteiger charge is 2.56. The predicted octanol–water partition coefficient (Wildman–Crippen LogP) is -0.500. The smallest absolute Gasteiger partial charge is 0.224 e. The molecule has 3 fully saturated rings. The summed E-state index contributed by atoms with van der Waals surface area (Å²) < 4.78 is 0. The van der Waals surface area contributed by atoms with Gasteiger partial charge < -0.3 is 15.3 Å². The summed E-state index contributed by atoms with van der Waals surface area (Å²) in [5.41, 5.74) is -0.00104. The fourth-order valence-corrected chi connectivity index (χ4v) is 4.82. The van der Waals surface area contributed by atoms with E-state index in [9.17, 15) is 14.7 Å². The average Bonchev–Trinajstić information content (AvgIpc) is 2.85. The lowest BCUT2D eigenvalue weighted by Gasteiger charge is -2.61. The molecule has 0 unspecified atom stereocenters. The van der Waals surface area contributed by atoms with E-state index in [0.717, 1.165) is 39.1 Å². The third-order valence-electron chi connectivity index (χ3n) is 5.64. The molecule has 2 N–H and O–H groups in total. The Morgan fingerprint density at radius 1 is 1.24 bits per heavy atom. The molecule has 0 aromatic heterocycles. The van der Waals surface area contributed by atoms with Crippen LogP contribution in [0.15, 0.2) is 0 Å². The van der Waals surface area contributed by atoms with Crippen LogP contribution in [0.4, 0.5) is 0 Å². The molecule has 25 heavy (non-hydrogen) atoms. The summed E-state index contributed by atoms with van der Waals surface area (Å²) >= 11 is 0. The number of aliphatic hydroxyl groups excluding tert-OH is 1. The van der Waals surface area contributed by atoms with Gasteiger partial charge in [0.2, 0.25) is 11.8 Å². The van der Waals surface area contributed by atoms with Crippen LogP contribution in [0.3, 0.4) is 0 Å². The monoisotopic (exact) mass is 352 g/mol. The number of hydrogen-bond donors (Lipinski definition) is 2. The SMILES string of the molecule is CC(=O)NCCC(=O)N1C[C@@H]2C[C@@H](O)CN2C2(CN(CC(C)C)C2)C1. The van der Waals surface area contributed by atoms with Crippen LogP contribution in [-0.2, 0) is 9.59 Å². The standard InChI is InChI=1S/C18H32N4O3/c1-13(2)7-20-10-18(11-20)12-21(17(25)4-5-19-14(3)23)8-15-6-16(24)9-22(15)18/h13,15-16,24H,4-12H2,1-3H3,(H,19,23)/t15-,16+/m0/s1. The zero-order valence-corrected chi connectivity index (χ0v) is 15.7. The summed E-state index contributed by atoms with van der Waals surface area (Å²) in [7, 11) is 0. The molecule has 0 bridgehead atoms. The van der Waals surface area contributed by atoms with Crippen LogP contribution in [0.1, 0.15) is 33.6 Å². The van der Waals surface area contributed by atoms with Gasteiger partial charge in [0.25, 0.3) is 0 Å². The molecule has 0 aromatic rings. The van der Waals surface area contributed by atoms with Gasteiger partial charge >= 0.3 is 0 Å². The molecule has 3 rings (SSSR count). The first kappa shape index (κ1) is 18.6. The minimum Gasteiger partial charge on any atom is -0.392 e. The second-order valence-electron chi connectivity index (χ2n) is 8.49. The van der Waals surface area contributed by atoms with E-state index in [1.807, 2.05) is 4.90 Å². The van der Waals surface area contributed by atoms with Crippen molar-refractivity contribution in [1.29, 1.82) is 0 Å². The van der Waals surface area contributed by atoms with Crippen molar-refractivity contribution >= 4 is 11.8 Å². The Morgan fingerprint density at radius 3 is 2.60 bits per heavy atom. The van der Waals surface area contributed by atoms with Gasteiger partial charge in [-0.25, -0.2) is 0 Å². The lowest BCUT2D eigenvalue weighted by molar-refractivity contribution is -0.150. The Morgan fingerprint density at radius 2 is 1.96 bits per heavy atom. The highest BCUT2D eigenvalue weighted by molar-refractivity contribution is 5.78. The van der Waals surface area contributed by atoms with Crippen LogP contribution in [0.2, 0.25) is 0 Å². The molecule has 2 amide bonds. The number of nitrogens with one attached hydrogen (secondary N) is 1. The van der Waals surface area contributed by atoms with Gasteiger partial charge in [-0.2, -0.15) is 0 Å². The molecule has 2 atom stereocenters. The van der Waals surface area contributed by atoms with Crippen LogP contribution in [0, 0.1) is 5.92 Å². The fraction of sp³-hybridized carbons (Fsp3) is 0.889. The average molecular weight is 352 g/mol. The third kappa shape index (κ3) is 3.99. The van der Waals surface area contributed by atoms with E-state index in [2.05, 4.69) is 29.0 Å². The van der Waals surface area contributed by atoms with Crippen LogP contribution in [0.5, 0.6) is 0 Å². The largest absolute Gasteiger partial charge is 0.392 e. The molecule has 0 radical (unpaired) electrons. The summed E-state index contributed by atoms with van der Waals surface area (Å²) in [6.45, 7) is 11.5. The number of aliphatic hydroxyl groups is 1. The second kappa shape index (κ2) is 7.21. The van der Waals surface area contributed by atoms with E-state index in [0.29, 0.717) is 25.4 Å². The number of hydrogen-bond acceptors (Lipinski definition) is 5. The first-order chi connectivity index (χ1) is 11.8. The second-order valence-corrected chi connectivity index (χ2v) is 8.49. The van der Waals surface area contributed by atoms with Crippen molar-refractivity contribution in [2.24, 2.45) is 5.92 Å². The third-order valence-corrected chi connectivity index (χ3v) is 5.64. The number of piperazine rings is 1. The van der Waals surface area contributed by atoms with E-state index in [-0.39, 0.29) is 29.5 Å². The summed E-state index contributed by atoms with van der Waals surface area (Å²) in [4.78, 5) is 30.5. The number of fused-ring (bicyclic) bond motifs is 2. The zero-order valence-electron chi connectivity index (χ0n) is 15.7. The molecule has 0 aromatic carbocycles. The van der Waals surface area contributed by atoms with Gasteiger partial charge in [-0.1, -0.05) is 13.8 Å². The molecule has 1 spiro atoms. The van der Waals surface area contributed by atoms with Crippen molar-refractivity contribution in [3.05, 3.63) is 0 Å². The number of nitrogens with zero attached hydrogens (tertiary/aromatic N) is 3. The highest BCUT2D eigenvalue weighted by Crippen LogP contribution is 2.39. The molecule has 7 heteroatoms. The van der Waals surface area contributed by atoms with Crippen molar-refractivity contribution in [2.45, 2.75) is 51.3 Å². The van der Waals surface area contributed by atoms with Gasteiger partial charge in [-0.15, -0.1) is 0 Å². The molecule has 3 aliphatic rings. The van der Waals surface area contributed by atoms with Crippen LogP contribution in [0.25, 0.3) is 0 Å². The van der Waals surface area contributed by atoms with E-state index in [4.69, 9.17) is 0 Å². The Balaban J connectivity index is 1.63. The topological polar surface area (TPSA) is 76.1 Å². The number of β-amino-alcohol motifs (C(OH)–C–C–N with tert-alkyl or cyclic N) is 1. The van der Waals surface area contributed by atoms with Gasteiger partial charge in [0.15, 0.2) is 0 Å². The number of amides is 2. The number of carbonyl (C=O) groups is 2. The molecule has 0 saturated carbocycles. The first-order valence-electron chi connectivity index (χ1n) is 9.48. The van der Waals surface area contributed by atoms with Crippen molar-refractivity contribution < 1.29 is 14.7 Å². The molecule has 3 aliphatic heterocycles. The molecule has 0 aliphatic carbocycles. The Hall–Kier alpha value is -1.18. The van der Waals surface area contributed by atoms with Crippen LogP contribution >= 0.6 is 0 Å². The van der Waals surface area contributed by atoms with Gasteiger partial charge in [-0.05, 0) is 12.3 Å². The van der Waals surface area contributed by atoms with Crippen LogP contribution in [-0.4, -0.2) is 95.1 Å². The number of rotatable bonds is 5. The minimum atomic E-state index is -0.282. The van der Waals surface area contributed by atoms with Crippen LogP contribution < -0.4 is 5.32 Å². The van der Waals surface area contributed by atoms with E-state index >= 15 is 0 Å². The van der Waals surface area contributed by atoms with Gasteiger partial charge in [0.1, 0.15) is 0 Å². The number of likely N-dealkylation sites (tertiary alicyclic amines) is 1. The van der Waals surface area contributed by atoms with E-state index in [1.54, 1.807) is 0 Å². The molecule has 3 heterocycles. The molecular weight excluding hydrogens is 320 g/mol. The predicted molar refractivity (Wildman–Crippen MR) is 95.0 cm³/mol. The normalized spacial score (nSPS) is 28.9. The Bertz CT molecular complexity index is 518.